The van der Waals surface area contributed by atoms with E-state index in [-0.39, 0.29) is 17.1 Å². The lowest BCUT2D eigenvalue weighted by atomic mass is 10.2. The average Bonchev–Trinajstić information content (AvgIpc) is 3.27. The number of nitrogens with one attached hydrogen (secondary N) is 3. The number of aromatic nitrogens is 1. The van der Waals surface area contributed by atoms with Crippen LogP contribution in [0.25, 0.3) is 0 Å². The molecule has 0 saturated heterocycles. The molecule has 1 heterocycles. The van der Waals surface area contributed by atoms with Crippen LogP contribution < -0.4 is 20.9 Å². The number of ether oxygens (including phenoxy) is 1. The molecule has 3 rings (SSSR count). The summed E-state index contributed by atoms with van der Waals surface area (Å²) in [6.07, 6.45) is 0. The number of thiazole rings is 1. The average molecular weight is 413 g/mol. The van der Waals surface area contributed by atoms with E-state index in [1.165, 1.54) is 54.3 Å². The van der Waals surface area contributed by atoms with Gasteiger partial charge in [-0.1, -0.05) is 0 Å². The van der Waals surface area contributed by atoms with E-state index in [0.29, 0.717) is 17.0 Å². The predicted molar refractivity (Wildman–Crippen MR) is 107 cm³/mol. The highest BCUT2D eigenvalue weighted by molar-refractivity contribution is 7.07. The quantitative estimate of drug-likeness (QED) is 0.400. The highest BCUT2D eigenvalue weighted by atomic mass is 32.1. The van der Waals surface area contributed by atoms with Crippen LogP contribution in [-0.2, 0) is 0 Å². The molecule has 0 radical (unpaired) electrons. The number of hydrazine groups is 1. The summed E-state index contributed by atoms with van der Waals surface area (Å²) in [6, 6.07) is 10.3. The fourth-order valence-electron chi connectivity index (χ4n) is 2.33. The molecule has 29 heavy (non-hydrogen) atoms. The van der Waals surface area contributed by atoms with Crippen LogP contribution in [0, 0.1) is 10.1 Å². The molecular weight excluding hydrogens is 398 g/mol. The number of carbonyl (C=O) groups excluding carboxylic acids is 2. The van der Waals surface area contributed by atoms with Gasteiger partial charge in [0.2, 0.25) is 0 Å². The normalized spacial score (nSPS) is 10.1. The molecule has 148 valence electrons. The topological polar surface area (TPSA) is 135 Å². The summed E-state index contributed by atoms with van der Waals surface area (Å²) < 4.78 is 5.04. The Morgan fingerprint density at radius 2 is 1.90 bits per heavy atom. The third-order valence-corrected chi connectivity index (χ3v) is 4.37. The molecule has 0 fully saturated rings. The van der Waals surface area contributed by atoms with Crippen molar-refractivity contribution >= 4 is 40.2 Å². The second kappa shape index (κ2) is 8.80. The maximum atomic E-state index is 12.4. The van der Waals surface area contributed by atoms with E-state index in [9.17, 15) is 19.7 Å². The summed E-state index contributed by atoms with van der Waals surface area (Å²) in [4.78, 5) is 39.0. The second-order valence-electron chi connectivity index (χ2n) is 5.62. The van der Waals surface area contributed by atoms with Gasteiger partial charge in [0.1, 0.15) is 17.1 Å². The first-order chi connectivity index (χ1) is 14.0. The highest BCUT2D eigenvalue weighted by Crippen LogP contribution is 2.28. The zero-order chi connectivity index (χ0) is 20.8. The van der Waals surface area contributed by atoms with Gasteiger partial charge in [0.05, 0.1) is 23.2 Å². The van der Waals surface area contributed by atoms with Crippen LogP contribution in [-0.4, -0.2) is 28.8 Å². The Morgan fingerprint density at radius 1 is 1.14 bits per heavy atom. The molecular formula is C18H15N5O5S. The van der Waals surface area contributed by atoms with E-state index in [1.54, 1.807) is 17.5 Å². The van der Waals surface area contributed by atoms with Crippen LogP contribution in [0.4, 0.5) is 17.1 Å². The maximum Gasteiger partial charge on any atom is 0.292 e. The number of rotatable bonds is 7. The summed E-state index contributed by atoms with van der Waals surface area (Å²) in [7, 11) is 1.50. The van der Waals surface area contributed by atoms with Crippen molar-refractivity contribution in [2.45, 2.75) is 0 Å². The standard InChI is InChI=1S/C18H15N5O5S/c1-28-13-5-2-11(3-6-13)17(24)20-14-8-12(4-7-16(14)23(26)27)21-22-18(25)15-9-29-10-19-15/h2-10,21H,1H3,(H,20,24)(H,22,25). The number of carbonyl (C=O) groups is 2. The van der Waals surface area contributed by atoms with Crippen molar-refractivity contribution in [1.29, 1.82) is 0 Å². The zero-order valence-corrected chi connectivity index (χ0v) is 15.9. The Bertz CT molecular complexity index is 1040. The fourth-order valence-corrected chi connectivity index (χ4v) is 2.86. The molecule has 0 bridgehead atoms. The van der Waals surface area contributed by atoms with Crippen LogP contribution in [0.15, 0.2) is 53.4 Å². The van der Waals surface area contributed by atoms with Gasteiger partial charge in [0, 0.05) is 17.0 Å². The monoisotopic (exact) mass is 413 g/mol. The molecule has 0 aliphatic carbocycles. The number of nitro groups is 1. The van der Waals surface area contributed by atoms with Crippen molar-refractivity contribution in [3.05, 3.63) is 74.7 Å². The number of amides is 2. The van der Waals surface area contributed by atoms with Gasteiger partial charge in [-0.25, -0.2) is 4.98 Å². The van der Waals surface area contributed by atoms with Gasteiger partial charge >= 0.3 is 0 Å². The molecule has 0 saturated carbocycles. The van der Waals surface area contributed by atoms with E-state index in [4.69, 9.17) is 4.74 Å². The molecule has 3 aromatic rings. The third-order valence-electron chi connectivity index (χ3n) is 3.78. The smallest absolute Gasteiger partial charge is 0.292 e. The first-order valence-corrected chi connectivity index (χ1v) is 9.10. The van der Waals surface area contributed by atoms with Crippen molar-refractivity contribution in [3.63, 3.8) is 0 Å². The first kappa shape index (κ1) is 19.8. The van der Waals surface area contributed by atoms with E-state index in [2.05, 4.69) is 21.2 Å². The minimum atomic E-state index is -0.610. The Labute approximate surface area is 168 Å². The number of nitro benzene ring substituents is 1. The molecule has 10 nitrogen and oxygen atoms in total. The molecule has 0 aliphatic heterocycles. The van der Waals surface area contributed by atoms with E-state index < -0.39 is 16.7 Å². The Hall–Kier alpha value is -3.99. The van der Waals surface area contributed by atoms with Crippen molar-refractivity contribution in [2.75, 3.05) is 17.9 Å². The van der Waals surface area contributed by atoms with E-state index in [0.717, 1.165) is 0 Å². The molecule has 0 unspecified atom stereocenters. The Balaban J connectivity index is 1.76. The zero-order valence-electron chi connectivity index (χ0n) is 15.0. The molecule has 0 aliphatic rings. The van der Waals surface area contributed by atoms with Gasteiger partial charge in [0.15, 0.2) is 0 Å². The van der Waals surface area contributed by atoms with Gasteiger partial charge < -0.3 is 10.1 Å². The van der Waals surface area contributed by atoms with Crippen molar-refractivity contribution < 1.29 is 19.2 Å². The molecule has 0 spiro atoms. The van der Waals surface area contributed by atoms with Crippen LogP contribution in [0.3, 0.4) is 0 Å². The van der Waals surface area contributed by atoms with Crippen LogP contribution >= 0.6 is 11.3 Å². The summed E-state index contributed by atoms with van der Waals surface area (Å²) >= 11 is 1.27. The maximum absolute atomic E-state index is 12.4. The summed E-state index contributed by atoms with van der Waals surface area (Å²) in [6.45, 7) is 0. The summed E-state index contributed by atoms with van der Waals surface area (Å²) in [5.41, 5.74) is 7.16. The third kappa shape index (κ3) is 4.84. The van der Waals surface area contributed by atoms with Gasteiger partial charge in [-0.2, -0.15) is 0 Å². The predicted octanol–water partition coefficient (Wildman–Crippen LogP) is 3.07. The highest BCUT2D eigenvalue weighted by Gasteiger charge is 2.18. The van der Waals surface area contributed by atoms with Gasteiger partial charge in [0.25, 0.3) is 17.5 Å². The fraction of sp³-hybridized carbons (Fsp3) is 0.0556. The molecule has 1 aromatic heterocycles. The number of methoxy groups -OCH3 is 1. The molecule has 0 atom stereocenters. The summed E-state index contributed by atoms with van der Waals surface area (Å²) in [5.74, 6) is -0.414. The number of nitrogens with zero attached hydrogens (tertiary/aromatic N) is 2. The minimum Gasteiger partial charge on any atom is -0.497 e. The van der Waals surface area contributed by atoms with Gasteiger partial charge in [-0.05, 0) is 36.4 Å². The SMILES string of the molecule is COc1ccc(C(=O)Nc2cc(NNC(=O)c3cscn3)ccc2[N+](=O)[O-])cc1. The van der Waals surface area contributed by atoms with Crippen molar-refractivity contribution in [2.24, 2.45) is 0 Å². The lowest BCUT2D eigenvalue weighted by Crippen LogP contribution is -2.29. The van der Waals surface area contributed by atoms with Crippen LogP contribution in [0.5, 0.6) is 5.75 Å². The minimum absolute atomic E-state index is 0.0243. The Kier molecular flexibility index (Phi) is 6.00. The number of anilines is 2. The van der Waals surface area contributed by atoms with Crippen LogP contribution in [0.1, 0.15) is 20.8 Å². The molecule has 2 amide bonds. The van der Waals surface area contributed by atoms with Gasteiger partial charge in [-0.3, -0.25) is 30.6 Å². The second-order valence-corrected chi connectivity index (χ2v) is 6.34. The number of hydrogen-bond donors (Lipinski definition) is 3. The van der Waals surface area contributed by atoms with Crippen LogP contribution in [0.2, 0.25) is 0 Å². The largest absolute Gasteiger partial charge is 0.497 e. The first-order valence-electron chi connectivity index (χ1n) is 8.16. The number of hydrogen-bond acceptors (Lipinski definition) is 8. The lowest BCUT2D eigenvalue weighted by molar-refractivity contribution is -0.383. The number of benzene rings is 2. The Morgan fingerprint density at radius 3 is 2.52 bits per heavy atom. The molecule has 11 heteroatoms. The van der Waals surface area contributed by atoms with Crippen molar-refractivity contribution in [3.8, 4) is 5.75 Å². The lowest BCUT2D eigenvalue weighted by Gasteiger charge is -2.11. The van der Waals surface area contributed by atoms with Gasteiger partial charge in [-0.15, -0.1) is 11.3 Å². The summed E-state index contributed by atoms with van der Waals surface area (Å²) in [5, 5.41) is 15.4. The van der Waals surface area contributed by atoms with Crippen molar-refractivity contribution in [1.82, 2.24) is 10.4 Å². The van der Waals surface area contributed by atoms with E-state index in [1.807, 2.05) is 0 Å². The molecule has 3 N–H and O–H groups in total. The van der Waals surface area contributed by atoms with E-state index >= 15 is 0 Å². The molecule has 2 aromatic carbocycles.